The highest BCUT2D eigenvalue weighted by Gasteiger charge is 2.23. The maximum atomic E-state index is 11.9. The van der Waals surface area contributed by atoms with Crippen LogP contribution in [0.4, 0.5) is 11.5 Å². The highest BCUT2D eigenvalue weighted by Crippen LogP contribution is 2.27. The third-order valence-corrected chi connectivity index (χ3v) is 4.80. The van der Waals surface area contributed by atoms with Crippen molar-refractivity contribution < 1.29 is 14.6 Å². The van der Waals surface area contributed by atoms with E-state index in [2.05, 4.69) is 9.97 Å². The third kappa shape index (κ3) is 3.51. The van der Waals surface area contributed by atoms with Crippen molar-refractivity contribution in [1.29, 1.82) is 0 Å². The molecule has 2 fully saturated rings. The number of amides is 1. The summed E-state index contributed by atoms with van der Waals surface area (Å²) in [5.41, 5.74) is 2.44. The van der Waals surface area contributed by atoms with Crippen molar-refractivity contribution in [3.8, 4) is 11.3 Å². The molecule has 0 radical (unpaired) electrons. The maximum Gasteiger partial charge on any atom is 0.253 e. The van der Waals surface area contributed by atoms with Gasteiger partial charge < -0.3 is 19.6 Å². The summed E-state index contributed by atoms with van der Waals surface area (Å²) >= 11 is 6.11. The molecule has 0 saturated carbocycles. The first-order valence-corrected chi connectivity index (χ1v) is 8.94. The Balaban J connectivity index is 1.59. The minimum atomic E-state index is -0.336. The number of aliphatic hydroxyl groups excluding tert-OH is 1. The molecule has 1 atom stereocenters. The predicted molar refractivity (Wildman–Crippen MR) is 98.5 cm³/mol. The van der Waals surface area contributed by atoms with Crippen molar-refractivity contribution in [3.63, 3.8) is 0 Å². The van der Waals surface area contributed by atoms with Crippen LogP contribution in [0.1, 0.15) is 6.42 Å². The van der Waals surface area contributed by atoms with E-state index in [1.807, 2.05) is 35.2 Å². The molecule has 0 bridgehead atoms. The van der Waals surface area contributed by atoms with Crippen LogP contribution in [-0.2, 0) is 9.53 Å². The number of anilines is 2. The smallest absolute Gasteiger partial charge is 0.253 e. The highest BCUT2D eigenvalue weighted by atomic mass is 35.5. The minimum Gasteiger partial charge on any atom is -0.391 e. The van der Waals surface area contributed by atoms with Gasteiger partial charge in [0.15, 0.2) is 0 Å². The average Bonchev–Trinajstić information content (AvgIpc) is 3.08. The number of rotatable bonds is 3. The molecular weight excluding hydrogens is 356 g/mol. The van der Waals surface area contributed by atoms with Gasteiger partial charge >= 0.3 is 0 Å². The topological polar surface area (TPSA) is 78.8 Å². The largest absolute Gasteiger partial charge is 0.391 e. The summed E-state index contributed by atoms with van der Waals surface area (Å²) in [6, 6.07) is 9.50. The minimum absolute atomic E-state index is 0.0380. The second-order valence-corrected chi connectivity index (χ2v) is 6.75. The molecule has 1 aromatic heterocycles. The molecular formula is C18H19ClN4O3. The van der Waals surface area contributed by atoms with Crippen LogP contribution >= 0.6 is 11.6 Å². The number of hydrogen-bond donors (Lipinski definition) is 1. The molecule has 2 saturated heterocycles. The van der Waals surface area contributed by atoms with Gasteiger partial charge in [-0.15, -0.1) is 0 Å². The van der Waals surface area contributed by atoms with Gasteiger partial charge in [0, 0.05) is 37.0 Å². The molecule has 0 aliphatic carbocycles. The Morgan fingerprint density at radius 3 is 2.69 bits per heavy atom. The van der Waals surface area contributed by atoms with E-state index in [-0.39, 0.29) is 23.9 Å². The normalized spacial score (nSPS) is 20.7. The van der Waals surface area contributed by atoms with Gasteiger partial charge in [-0.2, -0.15) is 0 Å². The third-order valence-electron chi connectivity index (χ3n) is 4.63. The fourth-order valence-electron chi connectivity index (χ4n) is 3.27. The number of aliphatic hydroxyl groups is 1. The lowest BCUT2D eigenvalue weighted by atomic mass is 10.1. The number of carbonyl (C=O) groups excluding carboxylic acids is 1. The zero-order chi connectivity index (χ0) is 18.1. The van der Waals surface area contributed by atoms with Gasteiger partial charge in [-0.1, -0.05) is 12.1 Å². The van der Waals surface area contributed by atoms with E-state index in [0.717, 1.165) is 24.2 Å². The van der Waals surface area contributed by atoms with Crippen LogP contribution < -0.4 is 9.80 Å². The lowest BCUT2D eigenvalue weighted by molar-refractivity contribution is -0.125. The number of β-amino-alcohol motifs (C(OH)–C–C–N with tert-alkyl or cyclic N) is 1. The summed E-state index contributed by atoms with van der Waals surface area (Å²) < 4.78 is 5.16. The first-order chi connectivity index (χ1) is 12.6. The Hall–Kier alpha value is -2.22. The lowest BCUT2D eigenvalue weighted by Gasteiger charge is -2.26. The van der Waals surface area contributed by atoms with E-state index >= 15 is 0 Å². The number of ether oxygens (including phenoxy) is 1. The summed E-state index contributed by atoms with van der Waals surface area (Å²) in [6.45, 7) is 2.50. The summed E-state index contributed by atoms with van der Waals surface area (Å²) in [5.74, 6) is 0.674. The van der Waals surface area contributed by atoms with Crippen LogP contribution in [0.25, 0.3) is 11.3 Å². The fourth-order valence-corrected chi connectivity index (χ4v) is 3.45. The van der Waals surface area contributed by atoms with E-state index in [4.69, 9.17) is 16.3 Å². The molecule has 1 N–H and O–H groups in total. The summed E-state index contributed by atoms with van der Waals surface area (Å²) in [6.07, 6.45) is 0.386. The molecule has 8 heteroatoms. The Bertz CT molecular complexity index is 815. The molecule has 2 aliphatic heterocycles. The van der Waals surface area contributed by atoms with Crippen LogP contribution in [0.15, 0.2) is 30.3 Å². The second-order valence-electron chi connectivity index (χ2n) is 6.41. The predicted octanol–water partition coefficient (Wildman–Crippen LogP) is 1.73. The lowest BCUT2D eigenvalue weighted by Crippen LogP contribution is -2.41. The van der Waals surface area contributed by atoms with Gasteiger partial charge in [-0.05, 0) is 30.2 Å². The van der Waals surface area contributed by atoms with E-state index in [1.165, 1.54) is 0 Å². The number of aromatic nitrogens is 2. The molecule has 2 aliphatic rings. The van der Waals surface area contributed by atoms with Crippen LogP contribution in [0.2, 0.25) is 5.28 Å². The second kappa shape index (κ2) is 7.19. The van der Waals surface area contributed by atoms with E-state index in [0.29, 0.717) is 31.2 Å². The Morgan fingerprint density at radius 1 is 1.19 bits per heavy atom. The number of benzene rings is 1. The fraction of sp³-hybridized carbons (Fsp3) is 0.389. The average molecular weight is 375 g/mol. The summed E-state index contributed by atoms with van der Waals surface area (Å²) in [7, 11) is 0. The van der Waals surface area contributed by atoms with Gasteiger partial charge in [0.05, 0.1) is 18.4 Å². The first kappa shape index (κ1) is 17.2. The molecule has 1 aromatic carbocycles. The number of morpholine rings is 1. The van der Waals surface area contributed by atoms with E-state index < -0.39 is 0 Å². The zero-order valence-corrected chi connectivity index (χ0v) is 14.9. The van der Waals surface area contributed by atoms with Crippen molar-refractivity contribution >= 4 is 29.0 Å². The SMILES string of the molecule is O=C1COCCN1c1ccc(-c2cc(N3CC[C@H](O)C3)nc(Cl)n2)cc1. The molecule has 3 heterocycles. The van der Waals surface area contributed by atoms with Crippen molar-refractivity contribution in [1.82, 2.24) is 9.97 Å². The van der Waals surface area contributed by atoms with E-state index in [9.17, 15) is 9.90 Å². The number of nitrogens with zero attached hydrogens (tertiary/aromatic N) is 4. The molecule has 2 aromatic rings. The number of hydrogen-bond acceptors (Lipinski definition) is 6. The Kier molecular flexibility index (Phi) is 4.76. The van der Waals surface area contributed by atoms with Gasteiger partial charge in [-0.3, -0.25) is 4.79 Å². The van der Waals surface area contributed by atoms with Gasteiger partial charge in [0.25, 0.3) is 5.91 Å². The Labute approximate surface area is 156 Å². The van der Waals surface area contributed by atoms with Crippen LogP contribution in [0.3, 0.4) is 0 Å². The highest BCUT2D eigenvalue weighted by molar-refractivity contribution is 6.28. The molecule has 26 heavy (non-hydrogen) atoms. The van der Waals surface area contributed by atoms with Crippen LogP contribution in [-0.4, -0.2) is 59.9 Å². The zero-order valence-electron chi connectivity index (χ0n) is 14.1. The number of halogens is 1. The maximum absolute atomic E-state index is 11.9. The monoisotopic (exact) mass is 374 g/mol. The molecule has 4 rings (SSSR count). The van der Waals surface area contributed by atoms with Gasteiger partial charge in [-0.25, -0.2) is 9.97 Å². The molecule has 136 valence electrons. The summed E-state index contributed by atoms with van der Waals surface area (Å²) in [4.78, 5) is 24.3. The number of carbonyl (C=O) groups is 1. The van der Waals surface area contributed by atoms with Gasteiger partial charge in [0.2, 0.25) is 5.28 Å². The van der Waals surface area contributed by atoms with Crippen molar-refractivity contribution in [2.75, 3.05) is 42.6 Å². The molecule has 0 unspecified atom stereocenters. The van der Waals surface area contributed by atoms with Gasteiger partial charge in [0.1, 0.15) is 12.4 Å². The standard InChI is InChI=1S/C18H19ClN4O3/c19-18-20-15(9-16(21-18)22-6-5-14(24)10-22)12-1-3-13(4-2-12)23-7-8-26-11-17(23)25/h1-4,9,14,24H,5-8,10-11H2/t14-/m0/s1. The summed E-state index contributed by atoms with van der Waals surface area (Å²) in [5, 5.41) is 9.91. The van der Waals surface area contributed by atoms with Crippen LogP contribution in [0, 0.1) is 0 Å². The van der Waals surface area contributed by atoms with Crippen molar-refractivity contribution in [2.45, 2.75) is 12.5 Å². The Morgan fingerprint density at radius 2 is 2.00 bits per heavy atom. The van der Waals surface area contributed by atoms with Crippen LogP contribution in [0.5, 0.6) is 0 Å². The van der Waals surface area contributed by atoms with E-state index in [1.54, 1.807) is 4.90 Å². The van der Waals surface area contributed by atoms with Crippen molar-refractivity contribution in [2.24, 2.45) is 0 Å². The molecule has 7 nitrogen and oxygen atoms in total. The molecule has 1 amide bonds. The molecule has 0 spiro atoms. The van der Waals surface area contributed by atoms with Crippen molar-refractivity contribution in [3.05, 3.63) is 35.6 Å². The quantitative estimate of drug-likeness (QED) is 0.824. The first-order valence-electron chi connectivity index (χ1n) is 8.56.